The molecule has 0 aliphatic heterocycles. The van der Waals surface area contributed by atoms with Gasteiger partial charge in [0.2, 0.25) is 11.1 Å². The van der Waals surface area contributed by atoms with Crippen molar-refractivity contribution in [3.63, 3.8) is 0 Å². The maximum atomic E-state index is 13.8. The Bertz CT molecular complexity index is 882. The van der Waals surface area contributed by atoms with E-state index >= 15 is 0 Å². The van der Waals surface area contributed by atoms with E-state index in [4.69, 9.17) is 0 Å². The Morgan fingerprint density at radius 3 is 2.60 bits per heavy atom. The van der Waals surface area contributed by atoms with Crippen LogP contribution >= 0.6 is 11.8 Å². The molecule has 0 aliphatic carbocycles. The fourth-order valence-electron chi connectivity index (χ4n) is 2.06. The predicted octanol–water partition coefficient (Wildman–Crippen LogP) is 3.87. The lowest BCUT2D eigenvalue weighted by Gasteiger charge is -2.09. The fourth-order valence-corrected chi connectivity index (χ4v) is 2.79. The van der Waals surface area contributed by atoms with Crippen molar-refractivity contribution in [1.29, 1.82) is 0 Å². The van der Waals surface area contributed by atoms with E-state index < -0.39 is 11.1 Å². The number of nitrogens with one attached hydrogen (secondary N) is 2. The molecule has 1 heterocycles. The van der Waals surface area contributed by atoms with Crippen LogP contribution in [0.5, 0.6) is 0 Å². The molecule has 1 atom stereocenters. The van der Waals surface area contributed by atoms with Crippen LogP contribution in [-0.4, -0.2) is 26.3 Å². The van der Waals surface area contributed by atoms with Crippen molar-refractivity contribution in [2.24, 2.45) is 0 Å². The average Bonchev–Trinajstić information content (AvgIpc) is 3.05. The number of amides is 1. The first kappa shape index (κ1) is 17.1. The summed E-state index contributed by atoms with van der Waals surface area (Å²) in [5, 5.41) is 9.20. The molecule has 0 bridgehead atoms. The third-order valence-corrected chi connectivity index (χ3v) is 4.32. The lowest BCUT2D eigenvalue weighted by atomic mass is 10.2. The summed E-state index contributed by atoms with van der Waals surface area (Å²) >= 11 is 1.13. The Labute approximate surface area is 146 Å². The molecule has 5 nitrogen and oxygen atoms in total. The van der Waals surface area contributed by atoms with E-state index in [9.17, 15) is 13.6 Å². The Morgan fingerprint density at radius 1 is 1.16 bits per heavy atom. The molecule has 25 heavy (non-hydrogen) atoms. The zero-order valence-electron chi connectivity index (χ0n) is 13.2. The van der Waals surface area contributed by atoms with Crippen molar-refractivity contribution in [1.82, 2.24) is 15.2 Å². The van der Waals surface area contributed by atoms with Gasteiger partial charge in [-0.25, -0.2) is 13.8 Å². The number of hydrogen-bond acceptors (Lipinski definition) is 4. The number of thioether (sulfide) groups is 1. The van der Waals surface area contributed by atoms with E-state index in [2.05, 4.69) is 20.5 Å². The number of halogens is 2. The summed E-state index contributed by atoms with van der Waals surface area (Å²) in [6, 6.07) is 11.7. The van der Waals surface area contributed by atoms with E-state index in [0.717, 1.165) is 11.8 Å². The topological polar surface area (TPSA) is 70.7 Å². The SMILES string of the molecule is C[C@@H](Sc1n[nH]c(-c2ccccc2F)n1)C(=O)Nc1ccc(F)cc1. The van der Waals surface area contributed by atoms with Gasteiger partial charge in [-0.2, -0.15) is 0 Å². The Hall–Kier alpha value is -2.74. The molecule has 3 aromatic rings. The first-order valence-corrected chi connectivity index (χ1v) is 8.31. The molecule has 1 amide bonds. The highest BCUT2D eigenvalue weighted by atomic mass is 32.2. The summed E-state index contributed by atoms with van der Waals surface area (Å²) in [6.45, 7) is 1.70. The number of hydrogen-bond donors (Lipinski definition) is 2. The van der Waals surface area contributed by atoms with Gasteiger partial charge in [0.25, 0.3) is 0 Å². The van der Waals surface area contributed by atoms with Gasteiger partial charge in [-0.15, -0.1) is 5.10 Å². The maximum Gasteiger partial charge on any atom is 0.237 e. The number of rotatable bonds is 5. The van der Waals surface area contributed by atoms with Gasteiger partial charge in [-0.1, -0.05) is 23.9 Å². The highest BCUT2D eigenvalue weighted by Gasteiger charge is 2.18. The van der Waals surface area contributed by atoms with Crippen molar-refractivity contribution >= 4 is 23.4 Å². The van der Waals surface area contributed by atoms with Gasteiger partial charge < -0.3 is 5.32 Å². The Balaban J connectivity index is 1.65. The monoisotopic (exact) mass is 360 g/mol. The summed E-state index contributed by atoms with van der Waals surface area (Å²) in [5.74, 6) is -0.750. The van der Waals surface area contributed by atoms with E-state index in [0.29, 0.717) is 22.2 Å². The molecule has 0 saturated carbocycles. The van der Waals surface area contributed by atoms with E-state index in [-0.39, 0.29) is 11.7 Å². The zero-order chi connectivity index (χ0) is 17.8. The average molecular weight is 360 g/mol. The van der Waals surface area contributed by atoms with E-state index in [1.54, 1.807) is 25.1 Å². The minimum absolute atomic E-state index is 0.270. The number of carbonyl (C=O) groups is 1. The van der Waals surface area contributed by atoms with Crippen molar-refractivity contribution in [3.8, 4) is 11.4 Å². The van der Waals surface area contributed by atoms with Gasteiger partial charge in [0.15, 0.2) is 5.82 Å². The van der Waals surface area contributed by atoms with Gasteiger partial charge in [0.1, 0.15) is 11.6 Å². The number of anilines is 1. The van der Waals surface area contributed by atoms with Crippen LogP contribution < -0.4 is 5.32 Å². The zero-order valence-corrected chi connectivity index (χ0v) is 14.0. The normalized spacial score (nSPS) is 12.0. The van der Waals surface area contributed by atoms with Crippen LogP contribution in [0.25, 0.3) is 11.4 Å². The summed E-state index contributed by atoms with van der Waals surface area (Å²) in [4.78, 5) is 16.4. The van der Waals surface area contributed by atoms with Crippen molar-refractivity contribution in [2.45, 2.75) is 17.3 Å². The van der Waals surface area contributed by atoms with E-state index in [1.165, 1.54) is 30.3 Å². The van der Waals surface area contributed by atoms with Crippen LogP contribution in [0.2, 0.25) is 0 Å². The molecule has 0 radical (unpaired) electrons. The molecule has 128 valence electrons. The lowest BCUT2D eigenvalue weighted by molar-refractivity contribution is -0.115. The molecule has 0 fully saturated rings. The number of H-pyrrole nitrogens is 1. The second kappa shape index (κ2) is 7.43. The molecule has 0 unspecified atom stereocenters. The Morgan fingerprint density at radius 2 is 1.88 bits per heavy atom. The molecule has 1 aromatic heterocycles. The molecule has 0 spiro atoms. The highest BCUT2D eigenvalue weighted by molar-refractivity contribution is 8.00. The Kier molecular flexibility index (Phi) is 5.08. The lowest BCUT2D eigenvalue weighted by Crippen LogP contribution is -2.22. The number of aromatic nitrogens is 3. The number of nitrogens with zero attached hydrogens (tertiary/aromatic N) is 2. The molecule has 0 saturated heterocycles. The molecular weight excluding hydrogens is 346 g/mol. The molecule has 3 rings (SSSR count). The molecule has 2 aromatic carbocycles. The van der Waals surface area contributed by atoms with Gasteiger partial charge in [-0.3, -0.25) is 9.89 Å². The number of aromatic amines is 1. The van der Waals surface area contributed by atoms with Crippen LogP contribution in [0.3, 0.4) is 0 Å². The van der Waals surface area contributed by atoms with Crippen LogP contribution in [0.15, 0.2) is 53.7 Å². The van der Waals surface area contributed by atoms with Crippen LogP contribution in [0.1, 0.15) is 6.92 Å². The minimum Gasteiger partial charge on any atom is -0.325 e. The number of benzene rings is 2. The highest BCUT2D eigenvalue weighted by Crippen LogP contribution is 2.24. The summed E-state index contributed by atoms with van der Waals surface area (Å²) in [5.41, 5.74) is 0.811. The van der Waals surface area contributed by atoms with Crippen LogP contribution in [0.4, 0.5) is 14.5 Å². The first-order chi connectivity index (χ1) is 12.0. The van der Waals surface area contributed by atoms with Gasteiger partial charge in [-0.05, 0) is 43.3 Å². The molecule has 2 N–H and O–H groups in total. The first-order valence-electron chi connectivity index (χ1n) is 7.43. The predicted molar refractivity (Wildman–Crippen MR) is 92.1 cm³/mol. The van der Waals surface area contributed by atoms with Crippen molar-refractivity contribution in [2.75, 3.05) is 5.32 Å². The van der Waals surface area contributed by atoms with E-state index in [1.807, 2.05) is 0 Å². The fraction of sp³-hybridized carbons (Fsp3) is 0.118. The van der Waals surface area contributed by atoms with Crippen molar-refractivity contribution in [3.05, 3.63) is 60.2 Å². The van der Waals surface area contributed by atoms with Gasteiger partial charge >= 0.3 is 0 Å². The largest absolute Gasteiger partial charge is 0.325 e. The smallest absolute Gasteiger partial charge is 0.237 e. The second-order valence-electron chi connectivity index (χ2n) is 5.20. The summed E-state index contributed by atoms with van der Waals surface area (Å²) < 4.78 is 26.6. The quantitative estimate of drug-likeness (QED) is 0.678. The van der Waals surface area contributed by atoms with Gasteiger partial charge in [0, 0.05) is 5.69 Å². The van der Waals surface area contributed by atoms with Crippen molar-refractivity contribution < 1.29 is 13.6 Å². The summed E-state index contributed by atoms with van der Waals surface area (Å²) in [6.07, 6.45) is 0. The second-order valence-corrected chi connectivity index (χ2v) is 6.51. The maximum absolute atomic E-state index is 13.8. The van der Waals surface area contributed by atoms with Gasteiger partial charge in [0.05, 0.1) is 10.8 Å². The third-order valence-electron chi connectivity index (χ3n) is 3.36. The molecule has 0 aliphatic rings. The summed E-state index contributed by atoms with van der Waals surface area (Å²) in [7, 11) is 0. The minimum atomic E-state index is -0.491. The standard InChI is InChI=1S/C17H14F2N4OS/c1-10(16(24)20-12-8-6-11(18)7-9-12)25-17-21-15(22-23-17)13-4-2-3-5-14(13)19/h2-10H,1H3,(H,20,24)(H,21,22,23)/t10-/m1/s1. The van der Waals surface area contributed by atoms with Crippen LogP contribution in [0, 0.1) is 11.6 Å². The molecule has 8 heteroatoms. The van der Waals surface area contributed by atoms with Crippen LogP contribution in [-0.2, 0) is 4.79 Å². The molecular formula is C17H14F2N4OS. The number of carbonyl (C=O) groups excluding carboxylic acids is 1. The third kappa shape index (κ3) is 4.21.